The first kappa shape index (κ1) is 13.6. The Morgan fingerprint density at radius 3 is 2.16 bits per heavy atom. The van der Waals surface area contributed by atoms with Crippen LogP contribution in [0.4, 0.5) is 0 Å². The molecule has 0 aromatic heterocycles. The lowest BCUT2D eigenvalue weighted by molar-refractivity contribution is 0.340. The fraction of sp³-hybridized carbons (Fsp3) is 0.294. The molecular formula is C17H21NO. The van der Waals surface area contributed by atoms with Crippen molar-refractivity contribution in [2.24, 2.45) is 5.73 Å². The van der Waals surface area contributed by atoms with Crippen LogP contribution in [0.3, 0.4) is 0 Å². The molecule has 19 heavy (non-hydrogen) atoms. The maximum absolute atomic E-state index is 6.35. The van der Waals surface area contributed by atoms with Crippen LogP contribution in [0.25, 0.3) is 0 Å². The smallest absolute Gasteiger partial charge is 0.119 e. The van der Waals surface area contributed by atoms with E-state index in [0.29, 0.717) is 12.5 Å². The van der Waals surface area contributed by atoms with E-state index in [2.05, 4.69) is 43.3 Å². The van der Waals surface area contributed by atoms with Crippen LogP contribution in [-0.2, 0) is 0 Å². The molecule has 0 aliphatic carbocycles. The fourth-order valence-corrected chi connectivity index (χ4v) is 2.21. The van der Waals surface area contributed by atoms with Gasteiger partial charge in [0.25, 0.3) is 0 Å². The maximum atomic E-state index is 6.35. The van der Waals surface area contributed by atoms with E-state index in [-0.39, 0.29) is 6.04 Å². The van der Waals surface area contributed by atoms with Gasteiger partial charge in [-0.05, 0) is 30.2 Å². The van der Waals surface area contributed by atoms with E-state index >= 15 is 0 Å². The predicted octanol–water partition coefficient (Wildman–Crippen LogP) is 3.89. The highest BCUT2D eigenvalue weighted by atomic mass is 16.5. The first-order chi connectivity index (χ1) is 9.22. The van der Waals surface area contributed by atoms with Gasteiger partial charge >= 0.3 is 0 Å². The topological polar surface area (TPSA) is 35.2 Å². The molecule has 2 rings (SSSR count). The van der Waals surface area contributed by atoms with Crippen molar-refractivity contribution in [3.05, 3.63) is 65.7 Å². The molecule has 0 amide bonds. The van der Waals surface area contributed by atoms with Gasteiger partial charge in [-0.2, -0.15) is 0 Å². The van der Waals surface area contributed by atoms with Crippen LogP contribution in [-0.4, -0.2) is 6.61 Å². The van der Waals surface area contributed by atoms with Crippen LogP contribution in [0.15, 0.2) is 54.6 Å². The Morgan fingerprint density at radius 2 is 1.58 bits per heavy atom. The van der Waals surface area contributed by atoms with E-state index in [9.17, 15) is 0 Å². The first-order valence-corrected chi connectivity index (χ1v) is 6.75. The summed E-state index contributed by atoms with van der Waals surface area (Å²) in [6.07, 6.45) is 0. The van der Waals surface area contributed by atoms with Gasteiger partial charge in [0, 0.05) is 12.0 Å². The van der Waals surface area contributed by atoms with Gasteiger partial charge in [0.05, 0.1) is 6.61 Å². The fourth-order valence-electron chi connectivity index (χ4n) is 2.21. The van der Waals surface area contributed by atoms with Crippen molar-refractivity contribution < 1.29 is 4.74 Å². The molecule has 2 N–H and O–H groups in total. The molecule has 0 aliphatic rings. The van der Waals surface area contributed by atoms with Crippen molar-refractivity contribution in [1.82, 2.24) is 0 Å². The van der Waals surface area contributed by atoms with E-state index < -0.39 is 0 Å². The average molecular weight is 255 g/mol. The summed E-state index contributed by atoms with van der Waals surface area (Å²) in [5.41, 5.74) is 8.76. The SMILES string of the molecule is CCOc1ccc(C(N)C(C)c2ccccc2)cc1. The summed E-state index contributed by atoms with van der Waals surface area (Å²) in [6.45, 7) is 4.83. The van der Waals surface area contributed by atoms with Gasteiger partial charge in [-0.3, -0.25) is 0 Å². The Kier molecular flexibility index (Phi) is 4.58. The third kappa shape index (κ3) is 3.36. The summed E-state index contributed by atoms with van der Waals surface area (Å²) < 4.78 is 5.44. The normalized spacial score (nSPS) is 13.8. The molecule has 100 valence electrons. The highest BCUT2D eigenvalue weighted by Crippen LogP contribution is 2.29. The first-order valence-electron chi connectivity index (χ1n) is 6.75. The van der Waals surface area contributed by atoms with Crippen LogP contribution in [0.2, 0.25) is 0 Å². The van der Waals surface area contributed by atoms with Gasteiger partial charge in [0.1, 0.15) is 5.75 Å². The number of rotatable bonds is 5. The monoisotopic (exact) mass is 255 g/mol. The zero-order valence-electron chi connectivity index (χ0n) is 11.5. The molecule has 0 heterocycles. The molecule has 0 aliphatic heterocycles. The summed E-state index contributed by atoms with van der Waals surface area (Å²) in [7, 11) is 0. The Bertz CT molecular complexity index is 492. The average Bonchev–Trinajstić information content (AvgIpc) is 2.48. The van der Waals surface area contributed by atoms with Gasteiger partial charge in [-0.15, -0.1) is 0 Å². The quantitative estimate of drug-likeness (QED) is 0.879. The van der Waals surface area contributed by atoms with Crippen molar-refractivity contribution >= 4 is 0 Å². The molecule has 0 fully saturated rings. The third-order valence-electron chi connectivity index (χ3n) is 3.44. The van der Waals surface area contributed by atoms with Crippen molar-refractivity contribution in [3.8, 4) is 5.75 Å². The van der Waals surface area contributed by atoms with E-state index in [1.165, 1.54) is 5.56 Å². The minimum absolute atomic E-state index is 0.00178. The molecule has 0 saturated carbocycles. The lowest BCUT2D eigenvalue weighted by Gasteiger charge is -2.21. The Balaban J connectivity index is 2.12. The molecule has 0 radical (unpaired) electrons. The predicted molar refractivity (Wildman–Crippen MR) is 79.4 cm³/mol. The standard InChI is InChI=1S/C17H21NO/c1-3-19-16-11-9-15(10-12-16)17(18)13(2)14-7-5-4-6-8-14/h4-13,17H,3,18H2,1-2H3. The maximum Gasteiger partial charge on any atom is 0.119 e. The molecule has 0 bridgehead atoms. The van der Waals surface area contributed by atoms with Crippen LogP contribution in [0, 0.1) is 0 Å². The molecular weight excluding hydrogens is 234 g/mol. The summed E-state index contributed by atoms with van der Waals surface area (Å²) in [5, 5.41) is 0. The number of nitrogens with two attached hydrogens (primary N) is 1. The summed E-state index contributed by atoms with van der Waals surface area (Å²) in [4.78, 5) is 0. The second-order valence-corrected chi connectivity index (χ2v) is 4.73. The number of ether oxygens (including phenoxy) is 1. The zero-order valence-corrected chi connectivity index (χ0v) is 11.5. The van der Waals surface area contributed by atoms with Crippen molar-refractivity contribution in [3.63, 3.8) is 0 Å². The van der Waals surface area contributed by atoms with Gasteiger partial charge in [-0.1, -0.05) is 49.4 Å². The highest BCUT2D eigenvalue weighted by Gasteiger charge is 2.16. The number of benzene rings is 2. The summed E-state index contributed by atoms with van der Waals surface area (Å²) >= 11 is 0. The van der Waals surface area contributed by atoms with E-state index in [0.717, 1.165) is 11.3 Å². The molecule has 2 heteroatoms. The molecule has 2 nitrogen and oxygen atoms in total. The molecule has 2 atom stereocenters. The Hall–Kier alpha value is -1.80. The van der Waals surface area contributed by atoms with Gasteiger partial charge in [0.2, 0.25) is 0 Å². The molecule has 2 aromatic rings. The second-order valence-electron chi connectivity index (χ2n) is 4.73. The van der Waals surface area contributed by atoms with E-state index in [1.807, 2.05) is 25.1 Å². The zero-order chi connectivity index (χ0) is 13.7. The van der Waals surface area contributed by atoms with E-state index in [4.69, 9.17) is 10.5 Å². The van der Waals surface area contributed by atoms with Gasteiger partial charge < -0.3 is 10.5 Å². The number of hydrogen-bond donors (Lipinski definition) is 1. The van der Waals surface area contributed by atoms with Crippen molar-refractivity contribution in [1.29, 1.82) is 0 Å². The summed E-state index contributed by atoms with van der Waals surface area (Å²) in [5.74, 6) is 1.19. The van der Waals surface area contributed by atoms with Gasteiger partial charge in [-0.25, -0.2) is 0 Å². The lowest BCUT2D eigenvalue weighted by Crippen LogP contribution is -2.17. The Morgan fingerprint density at radius 1 is 0.947 bits per heavy atom. The minimum Gasteiger partial charge on any atom is -0.494 e. The lowest BCUT2D eigenvalue weighted by atomic mass is 9.89. The van der Waals surface area contributed by atoms with Crippen LogP contribution >= 0.6 is 0 Å². The molecule has 2 unspecified atom stereocenters. The second kappa shape index (κ2) is 6.39. The summed E-state index contributed by atoms with van der Waals surface area (Å²) in [6, 6.07) is 18.4. The Labute approximate surface area is 115 Å². The van der Waals surface area contributed by atoms with E-state index in [1.54, 1.807) is 0 Å². The largest absolute Gasteiger partial charge is 0.494 e. The molecule has 0 spiro atoms. The minimum atomic E-state index is -0.00178. The van der Waals surface area contributed by atoms with Crippen molar-refractivity contribution in [2.45, 2.75) is 25.8 Å². The van der Waals surface area contributed by atoms with Gasteiger partial charge in [0.15, 0.2) is 0 Å². The van der Waals surface area contributed by atoms with Crippen LogP contribution in [0.1, 0.15) is 36.9 Å². The van der Waals surface area contributed by atoms with Crippen molar-refractivity contribution in [2.75, 3.05) is 6.61 Å². The molecule has 2 aromatic carbocycles. The highest BCUT2D eigenvalue weighted by molar-refractivity contribution is 5.32. The van der Waals surface area contributed by atoms with Crippen LogP contribution < -0.4 is 10.5 Å². The number of hydrogen-bond acceptors (Lipinski definition) is 2. The van der Waals surface area contributed by atoms with Crippen LogP contribution in [0.5, 0.6) is 5.75 Å². The molecule has 0 saturated heterocycles. The third-order valence-corrected chi connectivity index (χ3v) is 3.44.